The van der Waals surface area contributed by atoms with E-state index >= 15 is 0 Å². The molecule has 0 saturated heterocycles. The third-order valence-corrected chi connectivity index (χ3v) is 5.28. The van der Waals surface area contributed by atoms with E-state index < -0.39 is 20.2 Å². The van der Waals surface area contributed by atoms with Crippen LogP contribution in [0.25, 0.3) is 0 Å². The van der Waals surface area contributed by atoms with Crippen LogP contribution in [0.2, 0.25) is 5.02 Å². The Morgan fingerprint density at radius 3 is 2.59 bits per heavy atom. The second kappa shape index (κ2) is 6.14. The van der Waals surface area contributed by atoms with Crippen LogP contribution in [-0.2, 0) is 9.84 Å². The van der Waals surface area contributed by atoms with Gasteiger partial charge in [-0.15, -0.1) is 5.17 Å². The van der Waals surface area contributed by atoms with Gasteiger partial charge in [0.25, 0.3) is 9.84 Å². The number of rotatable bonds is 3. The van der Waals surface area contributed by atoms with Crippen LogP contribution in [0.5, 0.6) is 0 Å². The van der Waals surface area contributed by atoms with Gasteiger partial charge in [-0.25, -0.2) is 8.42 Å². The average molecular weight is 376 g/mol. The zero-order valence-corrected chi connectivity index (χ0v) is 13.0. The summed E-state index contributed by atoms with van der Waals surface area (Å²) in [5.41, 5.74) is -2.99. The standard InChI is InChI=1S/C10H9ClF3N3O3S2/c11-7-5-6(22(19,20)10(12,13)14)1-2-8(7)16-17(18)9-15-3-4-21-9/h1-2,5,16,18H,3-4H2. The van der Waals surface area contributed by atoms with Crippen molar-refractivity contribution >= 4 is 44.1 Å². The molecule has 1 aliphatic rings. The third-order valence-electron chi connectivity index (χ3n) is 2.53. The molecule has 0 aliphatic carbocycles. The van der Waals surface area contributed by atoms with Gasteiger partial charge in [-0.3, -0.25) is 15.6 Å². The first kappa shape index (κ1) is 17.2. The van der Waals surface area contributed by atoms with E-state index in [1.165, 1.54) is 11.8 Å². The van der Waals surface area contributed by atoms with Gasteiger partial charge in [-0.1, -0.05) is 23.4 Å². The number of hydroxylamine groups is 1. The fraction of sp³-hybridized carbons (Fsp3) is 0.300. The fourth-order valence-electron chi connectivity index (χ4n) is 1.50. The van der Waals surface area contributed by atoms with Gasteiger partial charge in [0.1, 0.15) is 0 Å². The lowest BCUT2D eigenvalue weighted by Gasteiger charge is -2.19. The molecule has 1 aliphatic heterocycles. The van der Waals surface area contributed by atoms with Crippen molar-refractivity contribution in [3.05, 3.63) is 23.2 Å². The molecule has 0 amide bonds. The molecular formula is C10H9ClF3N3O3S2. The molecule has 0 spiro atoms. The van der Waals surface area contributed by atoms with Crippen LogP contribution in [-0.4, -0.2) is 41.8 Å². The van der Waals surface area contributed by atoms with Gasteiger partial charge in [0.2, 0.25) is 5.17 Å². The predicted molar refractivity (Wildman–Crippen MR) is 76.7 cm³/mol. The molecule has 0 saturated carbocycles. The number of halogens is 4. The Labute approximate surface area is 132 Å². The van der Waals surface area contributed by atoms with E-state index in [1.807, 2.05) is 0 Å². The zero-order valence-electron chi connectivity index (χ0n) is 10.6. The monoisotopic (exact) mass is 375 g/mol. The highest BCUT2D eigenvalue weighted by Crippen LogP contribution is 2.33. The van der Waals surface area contributed by atoms with Gasteiger partial charge in [-0.05, 0) is 18.2 Å². The normalized spacial score (nSPS) is 15.6. The van der Waals surface area contributed by atoms with Gasteiger partial charge in [0.05, 0.1) is 22.2 Å². The number of alkyl halides is 3. The summed E-state index contributed by atoms with van der Waals surface area (Å²) in [6.45, 7) is 0.523. The summed E-state index contributed by atoms with van der Waals surface area (Å²) in [6.07, 6.45) is 0. The highest BCUT2D eigenvalue weighted by Gasteiger charge is 2.47. The first-order valence-corrected chi connectivity index (χ1v) is 8.51. The van der Waals surface area contributed by atoms with Crippen LogP contribution in [0.1, 0.15) is 0 Å². The molecule has 1 heterocycles. The molecule has 0 fully saturated rings. The van der Waals surface area contributed by atoms with Crippen molar-refractivity contribution in [3.63, 3.8) is 0 Å². The number of hydrogen-bond acceptors (Lipinski definition) is 7. The zero-order chi connectivity index (χ0) is 16.5. The minimum atomic E-state index is -5.48. The van der Waals surface area contributed by atoms with Crippen molar-refractivity contribution < 1.29 is 26.8 Å². The number of amidine groups is 1. The summed E-state index contributed by atoms with van der Waals surface area (Å²) < 4.78 is 59.9. The Balaban J connectivity index is 2.24. The first-order valence-electron chi connectivity index (χ1n) is 5.67. The summed E-state index contributed by atoms with van der Waals surface area (Å²) in [5, 5.41) is 10.2. The maximum atomic E-state index is 12.5. The van der Waals surface area contributed by atoms with Crippen molar-refractivity contribution in [1.82, 2.24) is 5.17 Å². The highest BCUT2D eigenvalue weighted by molar-refractivity contribution is 8.14. The van der Waals surface area contributed by atoms with Crippen LogP contribution >= 0.6 is 23.4 Å². The lowest BCUT2D eigenvalue weighted by Crippen LogP contribution is -2.30. The molecule has 122 valence electrons. The van der Waals surface area contributed by atoms with Crippen LogP contribution in [0, 0.1) is 0 Å². The van der Waals surface area contributed by atoms with Gasteiger partial charge >= 0.3 is 5.51 Å². The summed E-state index contributed by atoms with van der Waals surface area (Å²) in [7, 11) is -5.48. The smallest absolute Gasteiger partial charge is 0.271 e. The fourth-order valence-corrected chi connectivity index (χ4v) is 3.29. The highest BCUT2D eigenvalue weighted by atomic mass is 35.5. The topological polar surface area (TPSA) is 82.0 Å². The van der Waals surface area contributed by atoms with Crippen molar-refractivity contribution in [2.75, 3.05) is 17.7 Å². The number of aliphatic imine (C=N–C) groups is 1. The second-order valence-electron chi connectivity index (χ2n) is 4.03. The van der Waals surface area contributed by atoms with Crippen LogP contribution in [0.15, 0.2) is 28.1 Å². The van der Waals surface area contributed by atoms with E-state index in [0.29, 0.717) is 23.5 Å². The number of hydrogen-bond donors (Lipinski definition) is 2. The van der Waals surface area contributed by atoms with Gasteiger partial charge in [0.15, 0.2) is 0 Å². The third kappa shape index (κ3) is 3.42. The molecule has 1 aromatic rings. The van der Waals surface area contributed by atoms with Crippen LogP contribution in [0.4, 0.5) is 18.9 Å². The number of sulfone groups is 1. The Hall–Kier alpha value is -1.17. The molecule has 6 nitrogen and oxygen atoms in total. The number of nitrogens with one attached hydrogen (secondary N) is 1. The number of nitrogens with zero attached hydrogens (tertiary/aromatic N) is 2. The molecule has 0 bridgehead atoms. The van der Waals surface area contributed by atoms with Crippen molar-refractivity contribution in [2.24, 2.45) is 4.99 Å². The molecule has 0 atom stereocenters. The minimum Gasteiger partial charge on any atom is -0.271 e. The largest absolute Gasteiger partial charge is 0.501 e. The number of hydrazine groups is 1. The Kier molecular flexibility index (Phi) is 4.80. The second-order valence-corrected chi connectivity index (χ2v) is 7.44. The van der Waals surface area contributed by atoms with E-state index in [1.54, 1.807) is 0 Å². The Morgan fingerprint density at radius 1 is 1.41 bits per heavy atom. The van der Waals surface area contributed by atoms with Crippen molar-refractivity contribution in [1.29, 1.82) is 0 Å². The molecule has 2 rings (SSSR count). The van der Waals surface area contributed by atoms with E-state index in [-0.39, 0.29) is 15.9 Å². The average Bonchev–Trinajstić information content (AvgIpc) is 2.93. The molecule has 0 radical (unpaired) electrons. The van der Waals surface area contributed by atoms with Crippen molar-refractivity contribution in [2.45, 2.75) is 10.4 Å². The van der Waals surface area contributed by atoms with E-state index in [0.717, 1.165) is 12.1 Å². The maximum absolute atomic E-state index is 12.5. The van der Waals surface area contributed by atoms with Gasteiger partial charge < -0.3 is 0 Å². The van der Waals surface area contributed by atoms with Gasteiger partial charge in [0, 0.05) is 5.75 Å². The van der Waals surface area contributed by atoms with Crippen LogP contribution < -0.4 is 5.43 Å². The summed E-state index contributed by atoms with van der Waals surface area (Å²) in [4.78, 5) is 2.98. The SMILES string of the molecule is O=S(=O)(c1ccc(NN(O)C2=NCCS2)c(Cl)c1)C(F)(F)F. The summed E-state index contributed by atoms with van der Waals surface area (Å²) in [5.74, 6) is 0.685. The maximum Gasteiger partial charge on any atom is 0.501 e. The predicted octanol–water partition coefficient (Wildman–Crippen LogP) is 2.75. The summed E-state index contributed by atoms with van der Waals surface area (Å²) >= 11 is 7.02. The minimum absolute atomic E-state index is 0.0282. The first-order chi connectivity index (χ1) is 10.1. The number of anilines is 1. The van der Waals surface area contributed by atoms with Crippen molar-refractivity contribution in [3.8, 4) is 0 Å². The number of thioether (sulfide) groups is 1. The van der Waals surface area contributed by atoms with Gasteiger partial charge in [-0.2, -0.15) is 13.2 Å². The molecule has 22 heavy (non-hydrogen) atoms. The summed E-state index contributed by atoms with van der Waals surface area (Å²) in [6, 6.07) is 2.42. The van der Waals surface area contributed by atoms with Crippen LogP contribution in [0.3, 0.4) is 0 Å². The Bertz CT molecular complexity index is 709. The molecule has 2 N–H and O–H groups in total. The van der Waals surface area contributed by atoms with E-state index in [9.17, 15) is 26.8 Å². The van der Waals surface area contributed by atoms with E-state index in [4.69, 9.17) is 11.6 Å². The van der Waals surface area contributed by atoms with E-state index in [2.05, 4.69) is 10.4 Å². The lowest BCUT2D eigenvalue weighted by molar-refractivity contribution is -0.0436. The molecule has 1 aromatic carbocycles. The Morgan fingerprint density at radius 2 is 2.09 bits per heavy atom. The molecule has 0 aromatic heterocycles. The molecule has 0 unspecified atom stereocenters. The molecular weight excluding hydrogens is 367 g/mol. The lowest BCUT2D eigenvalue weighted by atomic mass is 10.3. The molecule has 12 heteroatoms. The number of benzene rings is 1. The quantitative estimate of drug-likeness (QED) is 0.790.